The molecule has 3 amide bonds. The number of nitrogens with zero attached hydrogens (tertiary/aromatic N) is 3. The number of hydrogen-bond acceptors (Lipinski definition) is 10. The molecule has 3 aliphatic rings. The summed E-state index contributed by atoms with van der Waals surface area (Å²) in [4.78, 5) is 73.7. The van der Waals surface area contributed by atoms with Gasteiger partial charge in [0, 0.05) is 36.8 Å². The molecule has 1 aromatic rings. The summed E-state index contributed by atoms with van der Waals surface area (Å²) in [5, 5.41) is 11.6. The van der Waals surface area contributed by atoms with Crippen molar-refractivity contribution in [3.05, 3.63) is 63.1 Å². The number of rotatable bonds is 7. The minimum Gasteiger partial charge on any atom is -0.461 e. The van der Waals surface area contributed by atoms with Crippen molar-refractivity contribution in [1.29, 1.82) is 0 Å². The Morgan fingerprint density at radius 2 is 1.71 bits per heavy atom. The van der Waals surface area contributed by atoms with Gasteiger partial charge in [0.25, 0.3) is 23.4 Å². The van der Waals surface area contributed by atoms with Gasteiger partial charge in [0.2, 0.25) is 0 Å². The number of carbonyl (C=O) groups is 5. The molecule has 1 fully saturated rings. The smallest absolute Gasteiger partial charge is 0.333 e. The van der Waals surface area contributed by atoms with Gasteiger partial charge in [-0.1, -0.05) is 0 Å². The normalized spacial score (nSPS) is 23.3. The van der Waals surface area contributed by atoms with E-state index in [1.165, 1.54) is 36.1 Å². The maximum absolute atomic E-state index is 13.0. The molecule has 3 aliphatic heterocycles. The van der Waals surface area contributed by atoms with Crippen molar-refractivity contribution in [2.75, 3.05) is 6.61 Å². The maximum atomic E-state index is 13.0. The Balaban J connectivity index is 1.52. The van der Waals surface area contributed by atoms with E-state index in [1.54, 1.807) is 5.41 Å². The van der Waals surface area contributed by atoms with E-state index in [2.05, 4.69) is 0 Å². The third-order valence-electron chi connectivity index (χ3n) is 5.36. The van der Waals surface area contributed by atoms with E-state index in [0.717, 1.165) is 28.8 Å². The highest BCUT2D eigenvalue weighted by Gasteiger charge is 2.60. The molecule has 176 valence electrons. The molecule has 12 nitrogen and oxygen atoms in total. The Labute approximate surface area is 196 Å². The average molecular weight is 487 g/mol. The van der Waals surface area contributed by atoms with Gasteiger partial charge in [-0.3, -0.25) is 34.2 Å². The molecule has 0 aliphatic carbocycles. The number of non-ortho nitro benzene ring substituents is 1. The first kappa shape index (κ1) is 23.2. The lowest BCUT2D eigenvalue weighted by Gasteiger charge is -2.53. The molecule has 3 heterocycles. The summed E-state index contributed by atoms with van der Waals surface area (Å²) in [5.74, 6) is -3.25. The summed E-state index contributed by atoms with van der Waals surface area (Å²) in [6.07, 6.45) is 2.15. The average Bonchev–Trinajstić information content (AvgIpc) is 3.13. The molecule has 1 aromatic carbocycles. The second kappa shape index (κ2) is 9.09. The molecule has 0 bridgehead atoms. The monoisotopic (exact) mass is 487 g/mol. The molecule has 0 aromatic heterocycles. The van der Waals surface area contributed by atoms with Crippen LogP contribution < -0.4 is 0 Å². The lowest BCUT2D eigenvalue weighted by molar-refractivity contribution is -0.384. The summed E-state index contributed by atoms with van der Waals surface area (Å²) >= 11 is 1.12. The van der Waals surface area contributed by atoms with Crippen molar-refractivity contribution >= 4 is 47.1 Å². The lowest BCUT2D eigenvalue weighted by Crippen LogP contribution is -2.74. The number of nitro groups is 1. The van der Waals surface area contributed by atoms with Gasteiger partial charge in [-0.15, -0.1) is 11.8 Å². The fourth-order valence-corrected chi connectivity index (χ4v) is 4.97. The number of imide groups is 1. The largest absolute Gasteiger partial charge is 0.461 e. The number of benzene rings is 1. The number of fused-ring (bicyclic) bond motifs is 1. The van der Waals surface area contributed by atoms with Crippen molar-refractivity contribution < 1.29 is 38.4 Å². The lowest BCUT2D eigenvalue weighted by atomic mass is 9.97. The van der Waals surface area contributed by atoms with Gasteiger partial charge >= 0.3 is 11.9 Å². The SMILES string of the molecule is CC(=O)OCC1=CS[C@H]2C(N3C(=O)C=CC3=O)C(=O)N2C1C(=O)OCc1ccc([N+](=O)[O-])cc1. The van der Waals surface area contributed by atoms with Gasteiger partial charge in [0.1, 0.15) is 24.6 Å². The van der Waals surface area contributed by atoms with Crippen molar-refractivity contribution in [2.45, 2.75) is 31.0 Å². The zero-order valence-electron chi connectivity index (χ0n) is 17.6. The molecular weight excluding hydrogens is 470 g/mol. The van der Waals surface area contributed by atoms with Gasteiger partial charge in [0.15, 0.2) is 6.04 Å². The molecule has 0 spiro atoms. The van der Waals surface area contributed by atoms with E-state index in [0.29, 0.717) is 11.1 Å². The summed E-state index contributed by atoms with van der Waals surface area (Å²) in [5.41, 5.74) is 0.666. The number of thioether (sulfide) groups is 1. The molecule has 3 atom stereocenters. The summed E-state index contributed by atoms with van der Waals surface area (Å²) in [7, 11) is 0. The van der Waals surface area contributed by atoms with E-state index in [4.69, 9.17) is 9.47 Å². The van der Waals surface area contributed by atoms with Gasteiger partial charge in [-0.2, -0.15) is 0 Å². The first-order chi connectivity index (χ1) is 16.2. The van der Waals surface area contributed by atoms with Gasteiger partial charge < -0.3 is 14.4 Å². The van der Waals surface area contributed by atoms with Crippen LogP contribution in [-0.4, -0.2) is 68.4 Å². The fraction of sp³-hybridized carbons (Fsp3) is 0.286. The number of β-lactam (4-membered cyclic amide) rings is 1. The van der Waals surface area contributed by atoms with E-state index in [9.17, 15) is 34.1 Å². The van der Waals surface area contributed by atoms with Crippen LogP contribution in [0.5, 0.6) is 0 Å². The van der Waals surface area contributed by atoms with Crippen LogP contribution in [0.25, 0.3) is 0 Å². The first-order valence-electron chi connectivity index (χ1n) is 9.94. The number of amides is 3. The van der Waals surface area contributed by atoms with E-state index in [1.807, 2.05) is 0 Å². The minimum atomic E-state index is -1.23. The third kappa shape index (κ3) is 4.17. The molecule has 0 radical (unpaired) electrons. The second-order valence-corrected chi connectivity index (χ2v) is 8.49. The quantitative estimate of drug-likeness (QED) is 0.176. The van der Waals surface area contributed by atoms with Crippen molar-refractivity contribution in [1.82, 2.24) is 9.80 Å². The highest BCUT2D eigenvalue weighted by Crippen LogP contribution is 2.43. The van der Waals surface area contributed by atoms with Gasteiger partial charge in [-0.05, 0) is 23.1 Å². The maximum Gasteiger partial charge on any atom is 0.333 e. The highest BCUT2D eigenvalue weighted by molar-refractivity contribution is 8.03. The standard InChI is InChI=1S/C21H17N3O9S/c1-11(25)32-9-13-10-34-20-18(22-15(26)6-7-16(22)27)19(28)23(20)17(13)21(29)33-8-12-2-4-14(5-3-12)24(30)31/h2-7,10,17-18,20H,8-9H2,1H3/t17?,18?,20-/m0/s1. The van der Waals surface area contributed by atoms with Crippen LogP contribution >= 0.6 is 11.8 Å². The highest BCUT2D eigenvalue weighted by atomic mass is 32.2. The van der Waals surface area contributed by atoms with Crippen LogP contribution in [0.1, 0.15) is 12.5 Å². The molecule has 1 saturated heterocycles. The van der Waals surface area contributed by atoms with Crippen LogP contribution in [0, 0.1) is 10.1 Å². The summed E-state index contributed by atoms with van der Waals surface area (Å²) in [6, 6.07) is 3.10. The Morgan fingerprint density at radius 1 is 1.06 bits per heavy atom. The van der Waals surface area contributed by atoms with Crippen LogP contribution in [0.2, 0.25) is 0 Å². The Bertz CT molecular complexity index is 1140. The molecule has 13 heteroatoms. The summed E-state index contributed by atoms with van der Waals surface area (Å²) < 4.78 is 10.4. The molecule has 2 unspecified atom stereocenters. The molecular formula is C21H17N3O9S. The first-order valence-corrected chi connectivity index (χ1v) is 10.9. The number of esters is 2. The molecule has 34 heavy (non-hydrogen) atoms. The predicted molar refractivity (Wildman–Crippen MR) is 114 cm³/mol. The van der Waals surface area contributed by atoms with Gasteiger partial charge in [-0.25, -0.2) is 4.79 Å². The fourth-order valence-electron chi connectivity index (χ4n) is 3.72. The minimum absolute atomic E-state index is 0.119. The van der Waals surface area contributed by atoms with Crippen molar-refractivity contribution in [2.24, 2.45) is 0 Å². The number of carbonyl (C=O) groups excluding carboxylic acids is 5. The Morgan fingerprint density at radius 3 is 2.29 bits per heavy atom. The summed E-state index contributed by atoms with van der Waals surface area (Å²) in [6.45, 7) is 0.720. The molecule has 0 saturated carbocycles. The topological polar surface area (TPSA) is 153 Å². The van der Waals surface area contributed by atoms with Crippen LogP contribution in [0.3, 0.4) is 0 Å². The zero-order chi connectivity index (χ0) is 24.6. The predicted octanol–water partition coefficient (Wildman–Crippen LogP) is 0.662. The van der Waals surface area contributed by atoms with E-state index < -0.39 is 52.0 Å². The third-order valence-corrected chi connectivity index (χ3v) is 6.56. The van der Waals surface area contributed by atoms with Crippen molar-refractivity contribution in [3.63, 3.8) is 0 Å². The Kier molecular flexibility index (Phi) is 6.20. The van der Waals surface area contributed by atoms with Crippen LogP contribution in [0.4, 0.5) is 5.69 Å². The van der Waals surface area contributed by atoms with Crippen LogP contribution in [-0.2, 0) is 40.1 Å². The van der Waals surface area contributed by atoms with Crippen LogP contribution in [0.15, 0.2) is 47.4 Å². The van der Waals surface area contributed by atoms with E-state index in [-0.39, 0.29) is 18.9 Å². The zero-order valence-corrected chi connectivity index (χ0v) is 18.4. The van der Waals surface area contributed by atoms with Gasteiger partial charge in [0.05, 0.1) is 4.92 Å². The Hall–Kier alpha value is -4.00. The second-order valence-electron chi connectivity index (χ2n) is 7.50. The van der Waals surface area contributed by atoms with Crippen molar-refractivity contribution in [3.8, 4) is 0 Å². The number of hydrogen-bond donors (Lipinski definition) is 0. The molecule has 4 rings (SSSR count). The molecule has 0 N–H and O–H groups in total. The number of nitro benzene ring substituents is 1. The van der Waals surface area contributed by atoms with E-state index >= 15 is 0 Å². The number of ether oxygens (including phenoxy) is 2.